The minimum atomic E-state index is -0.461. The van der Waals surface area contributed by atoms with E-state index in [0.717, 1.165) is 16.5 Å². The molecule has 0 amide bonds. The molecule has 0 atom stereocenters. The molecule has 1 heterocycles. The van der Waals surface area contributed by atoms with Crippen molar-refractivity contribution in [3.8, 4) is 5.75 Å². The molecule has 1 aromatic heterocycles. The van der Waals surface area contributed by atoms with E-state index in [1.54, 1.807) is 19.1 Å². The smallest absolute Gasteiger partial charge is 0.339 e. The van der Waals surface area contributed by atoms with Gasteiger partial charge >= 0.3 is 11.6 Å². The SMILES string of the molecule is CCOC(=O)CCc1c(C)c2cc(Cl)c(OCC=C(C)C)cc2oc1=O. The highest BCUT2D eigenvalue weighted by atomic mass is 35.5. The van der Waals surface area contributed by atoms with E-state index >= 15 is 0 Å². The summed E-state index contributed by atoms with van der Waals surface area (Å²) in [5, 5.41) is 1.16. The topological polar surface area (TPSA) is 65.7 Å². The summed E-state index contributed by atoms with van der Waals surface area (Å²) in [4.78, 5) is 23.9. The van der Waals surface area contributed by atoms with E-state index in [2.05, 4.69) is 0 Å². The Morgan fingerprint density at radius 1 is 1.31 bits per heavy atom. The molecule has 0 spiro atoms. The number of allylic oxidation sites excluding steroid dienone is 1. The first-order valence-corrected chi connectivity index (χ1v) is 8.88. The second-order valence-electron chi connectivity index (χ2n) is 6.17. The van der Waals surface area contributed by atoms with E-state index in [9.17, 15) is 9.59 Å². The molecule has 140 valence electrons. The lowest BCUT2D eigenvalue weighted by Crippen LogP contribution is -2.13. The average molecular weight is 379 g/mol. The third kappa shape index (κ3) is 4.88. The highest BCUT2D eigenvalue weighted by molar-refractivity contribution is 6.32. The molecule has 0 saturated carbocycles. The second kappa shape index (κ2) is 8.90. The van der Waals surface area contributed by atoms with Crippen LogP contribution in [0.4, 0.5) is 0 Å². The fourth-order valence-corrected chi connectivity index (χ4v) is 2.77. The molecule has 0 radical (unpaired) electrons. The van der Waals surface area contributed by atoms with Crippen LogP contribution in [0.15, 0.2) is 33.0 Å². The van der Waals surface area contributed by atoms with Crippen LogP contribution >= 0.6 is 11.6 Å². The number of ether oxygens (including phenoxy) is 2. The molecule has 2 aromatic rings. The van der Waals surface area contributed by atoms with E-state index in [0.29, 0.717) is 35.1 Å². The normalized spacial score (nSPS) is 10.7. The number of carbonyl (C=O) groups is 1. The van der Waals surface area contributed by atoms with E-state index in [1.807, 2.05) is 26.8 Å². The van der Waals surface area contributed by atoms with Crippen molar-refractivity contribution in [1.82, 2.24) is 0 Å². The van der Waals surface area contributed by atoms with Crippen molar-refractivity contribution in [2.45, 2.75) is 40.5 Å². The zero-order chi connectivity index (χ0) is 19.3. The van der Waals surface area contributed by atoms with Crippen molar-refractivity contribution in [3.05, 3.63) is 50.4 Å². The maximum absolute atomic E-state index is 12.3. The molecule has 0 aliphatic heterocycles. The summed E-state index contributed by atoms with van der Waals surface area (Å²) in [6, 6.07) is 3.35. The molecular weight excluding hydrogens is 356 g/mol. The Bertz CT molecular complexity index is 891. The Morgan fingerprint density at radius 2 is 2.04 bits per heavy atom. The van der Waals surface area contributed by atoms with Gasteiger partial charge in [0.2, 0.25) is 0 Å². The van der Waals surface area contributed by atoms with Crippen molar-refractivity contribution in [1.29, 1.82) is 0 Å². The molecule has 6 heteroatoms. The summed E-state index contributed by atoms with van der Waals surface area (Å²) < 4.78 is 16.0. The van der Waals surface area contributed by atoms with Crippen molar-refractivity contribution >= 4 is 28.5 Å². The number of rotatable bonds is 7. The van der Waals surface area contributed by atoms with Crippen molar-refractivity contribution in [3.63, 3.8) is 0 Å². The minimum absolute atomic E-state index is 0.128. The van der Waals surface area contributed by atoms with Crippen LogP contribution in [0.2, 0.25) is 5.02 Å². The first-order valence-electron chi connectivity index (χ1n) is 8.51. The lowest BCUT2D eigenvalue weighted by Gasteiger charge is -2.11. The fraction of sp³-hybridized carbons (Fsp3) is 0.400. The van der Waals surface area contributed by atoms with E-state index in [-0.39, 0.29) is 18.8 Å². The van der Waals surface area contributed by atoms with Crippen LogP contribution in [0, 0.1) is 6.92 Å². The molecule has 0 fully saturated rings. The highest BCUT2D eigenvalue weighted by Gasteiger charge is 2.15. The first-order chi connectivity index (χ1) is 12.3. The van der Waals surface area contributed by atoms with Crippen LogP contribution in [-0.2, 0) is 16.0 Å². The Morgan fingerprint density at radius 3 is 2.69 bits per heavy atom. The number of halogens is 1. The van der Waals surface area contributed by atoms with Gasteiger partial charge in [-0.1, -0.05) is 17.2 Å². The highest BCUT2D eigenvalue weighted by Crippen LogP contribution is 2.32. The number of carbonyl (C=O) groups excluding carboxylic acids is 1. The van der Waals surface area contributed by atoms with Crippen LogP contribution in [0.3, 0.4) is 0 Å². The van der Waals surface area contributed by atoms with Gasteiger partial charge in [-0.2, -0.15) is 0 Å². The fourth-order valence-electron chi connectivity index (χ4n) is 2.55. The zero-order valence-corrected chi connectivity index (χ0v) is 16.2. The summed E-state index contributed by atoms with van der Waals surface area (Å²) in [5.74, 6) is 0.117. The van der Waals surface area contributed by atoms with Gasteiger partial charge < -0.3 is 13.9 Å². The van der Waals surface area contributed by atoms with Gasteiger partial charge in [0.05, 0.1) is 11.6 Å². The molecule has 0 aliphatic carbocycles. The molecule has 5 nitrogen and oxygen atoms in total. The molecule has 26 heavy (non-hydrogen) atoms. The Hall–Kier alpha value is -2.27. The maximum Gasteiger partial charge on any atom is 0.339 e. The van der Waals surface area contributed by atoms with Crippen LogP contribution < -0.4 is 10.4 Å². The number of aryl methyl sites for hydroxylation is 1. The molecule has 0 aliphatic rings. The summed E-state index contributed by atoms with van der Waals surface area (Å²) in [6.07, 6.45) is 2.32. The van der Waals surface area contributed by atoms with Crippen molar-refractivity contribution in [2.24, 2.45) is 0 Å². The third-order valence-corrected chi connectivity index (χ3v) is 4.25. The molecule has 1 aromatic carbocycles. The Kier molecular flexibility index (Phi) is 6.86. The Labute approximate surface area is 157 Å². The van der Waals surface area contributed by atoms with E-state index in [1.165, 1.54) is 0 Å². The lowest BCUT2D eigenvalue weighted by molar-refractivity contribution is -0.143. The van der Waals surface area contributed by atoms with Crippen molar-refractivity contribution < 1.29 is 18.7 Å². The van der Waals surface area contributed by atoms with E-state index < -0.39 is 5.63 Å². The second-order valence-corrected chi connectivity index (χ2v) is 6.58. The first kappa shape index (κ1) is 20.0. The monoisotopic (exact) mass is 378 g/mol. The number of esters is 1. The lowest BCUT2D eigenvalue weighted by atomic mass is 10.0. The number of fused-ring (bicyclic) bond motifs is 1. The molecule has 2 rings (SSSR count). The van der Waals surface area contributed by atoms with Gasteiger partial charge in [-0.05, 0) is 51.8 Å². The van der Waals surface area contributed by atoms with Gasteiger partial charge in [-0.3, -0.25) is 4.79 Å². The van der Waals surface area contributed by atoms with Crippen LogP contribution in [-0.4, -0.2) is 19.2 Å². The number of hydrogen-bond acceptors (Lipinski definition) is 5. The predicted octanol–water partition coefficient (Wildman–Crippen LogP) is 4.60. The largest absolute Gasteiger partial charge is 0.488 e. The van der Waals surface area contributed by atoms with Gasteiger partial charge in [-0.15, -0.1) is 0 Å². The molecular formula is C20H23ClO5. The van der Waals surface area contributed by atoms with Gasteiger partial charge in [0.15, 0.2) is 0 Å². The molecule has 0 bridgehead atoms. The molecule has 0 N–H and O–H groups in total. The van der Waals surface area contributed by atoms with Crippen LogP contribution in [0.25, 0.3) is 11.0 Å². The van der Waals surface area contributed by atoms with Gasteiger partial charge in [0, 0.05) is 23.4 Å². The summed E-state index contributed by atoms with van der Waals surface area (Å²) in [6.45, 7) is 8.22. The third-order valence-electron chi connectivity index (χ3n) is 3.95. The summed E-state index contributed by atoms with van der Waals surface area (Å²) in [5.41, 5.74) is 2.29. The summed E-state index contributed by atoms with van der Waals surface area (Å²) >= 11 is 6.31. The van der Waals surface area contributed by atoms with Gasteiger partial charge in [-0.25, -0.2) is 4.79 Å². The number of benzene rings is 1. The molecule has 0 unspecified atom stereocenters. The zero-order valence-electron chi connectivity index (χ0n) is 15.5. The summed E-state index contributed by atoms with van der Waals surface area (Å²) in [7, 11) is 0. The van der Waals surface area contributed by atoms with Crippen molar-refractivity contribution in [2.75, 3.05) is 13.2 Å². The molecule has 0 saturated heterocycles. The maximum atomic E-state index is 12.3. The predicted molar refractivity (Wildman–Crippen MR) is 102 cm³/mol. The average Bonchev–Trinajstić information content (AvgIpc) is 2.56. The minimum Gasteiger partial charge on any atom is -0.488 e. The van der Waals surface area contributed by atoms with Gasteiger partial charge in [0.25, 0.3) is 0 Å². The van der Waals surface area contributed by atoms with Gasteiger partial charge in [0.1, 0.15) is 17.9 Å². The van der Waals surface area contributed by atoms with E-state index in [4.69, 9.17) is 25.5 Å². The quantitative estimate of drug-likeness (QED) is 0.400. The van der Waals surface area contributed by atoms with Crippen LogP contribution in [0.1, 0.15) is 38.3 Å². The standard InChI is InChI=1S/C20H23ClO5/c1-5-24-19(22)7-6-14-13(4)15-10-16(21)18(25-9-8-12(2)3)11-17(15)26-20(14)23/h8,10-11H,5-7,9H2,1-4H3. The Balaban J connectivity index is 2.34. The van der Waals surface area contributed by atoms with Crippen LogP contribution in [0.5, 0.6) is 5.75 Å². The number of hydrogen-bond donors (Lipinski definition) is 0.